The Kier molecular flexibility index (Phi) is 29.4. The second kappa shape index (κ2) is 39.1. The van der Waals surface area contributed by atoms with Crippen LogP contribution in [0.1, 0.15) is 147 Å². The average Bonchev–Trinajstić information content (AvgIpc) is 1.60. The number of carbonyl (C=O) groups excluding carboxylic acids is 8. The number of fused-ring (bicyclic) bond motifs is 20. The number of esters is 8. The van der Waals surface area contributed by atoms with Crippen LogP contribution in [0, 0.1) is 0 Å². The van der Waals surface area contributed by atoms with Gasteiger partial charge in [0.25, 0.3) is 0 Å². The first-order valence-electron chi connectivity index (χ1n) is 33.8. The fourth-order valence-corrected chi connectivity index (χ4v) is 10.9. The molecule has 9 rings (SSSR count). The number of ether oxygens (including phenoxy) is 8. The van der Waals surface area contributed by atoms with Crippen LogP contribution >= 0.6 is 0 Å². The van der Waals surface area contributed by atoms with Crippen LogP contribution < -0.4 is 0 Å². The van der Waals surface area contributed by atoms with E-state index in [2.05, 4.69) is 9.97 Å². The number of carboxylic acid groups (broad SMARTS) is 8. The van der Waals surface area contributed by atoms with Gasteiger partial charge in [-0.3, -0.25) is 76.7 Å². The van der Waals surface area contributed by atoms with E-state index in [1.165, 1.54) is 48.5 Å². The molecule has 3 aromatic heterocycles. The molecule has 0 spiro atoms. The maximum absolute atomic E-state index is 13.1. The van der Waals surface area contributed by atoms with Gasteiger partial charge in [0.2, 0.25) is 0 Å². The Morgan fingerprint density at radius 2 is 0.363 bits per heavy atom. The number of carbonyl (C=O) groups is 16. The number of nitrogens with one attached hydrogen (secondary N) is 2. The Morgan fingerprint density at radius 1 is 0.221 bits per heavy atom. The molecule has 5 heterocycles. The number of aromatic amines is 2. The van der Waals surface area contributed by atoms with Crippen molar-refractivity contribution in [3.8, 4) is 45.6 Å². The van der Waals surface area contributed by atoms with E-state index in [-0.39, 0.29) is 154 Å². The van der Waals surface area contributed by atoms with E-state index in [0.717, 1.165) is 0 Å². The molecule has 4 aromatic carbocycles. The second-order valence-electron chi connectivity index (χ2n) is 24.7. The number of hydrogen-bond donors (Lipinski definition) is 10. The molecule has 0 aliphatic carbocycles. The van der Waals surface area contributed by atoms with Gasteiger partial charge in [-0.15, -0.1) is 0 Å². The van der Waals surface area contributed by atoms with E-state index in [1.54, 1.807) is 0 Å². The van der Waals surface area contributed by atoms with E-state index in [4.69, 9.17) is 67.8 Å². The zero-order chi connectivity index (χ0) is 81.0. The predicted molar refractivity (Wildman–Crippen MR) is 369 cm³/mol. The first kappa shape index (κ1) is 85.0. The molecule has 2 aliphatic rings. The van der Waals surface area contributed by atoms with Gasteiger partial charge in [-0.05, 0) is 93.0 Å². The molecule has 0 fully saturated rings. The van der Waals surface area contributed by atoms with Crippen molar-refractivity contribution in [1.82, 2.24) is 39.9 Å². The molecule has 0 amide bonds. The molecule has 0 unspecified atom stereocenters. The SMILES string of the molecule is O=C(O)CCC(=O)OCc1cc2c(cc1COC(=O)CCC(=O)O)-c1nc-2nc2[nH]c(nc3nc(nc4[nH]c(n1)c1cc(COC(=O)CCC(=O)O)c(COC(=O)CCC(=O)O)cc41)-c1cc(COC(=O)CCC(=O)O)c(COC(=O)CCC(=O)O)cc1-3)c1cc(COC(=O)CCC(=O)O)c(COC(=O)CCC(=O)O)cc21.[Zn+2]. The Hall–Kier alpha value is -13.6. The Labute approximate surface area is 645 Å². The molecular weight excluding hydrogens is 1550 g/mol. The van der Waals surface area contributed by atoms with E-state index in [1.807, 2.05) is 0 Å². The molecule has 2 aliphatic heterocycles. The van der Waals surface area contributed by atoms with Gasteiger partial charge < -0.3 is 88.7 Å². The summed E-state index contributed by atoms with van der Waals surface area (Å²) in [6.45, 7) is -5.18. The number of benzene rings is 4. The molecule has 586 valence electrons. The molecule has 10 N–H and O–H groups in total. The van der Waals surface area contributed by atoms with Crippen LogP contribution in [-0.2, 0) is 187 Å². The van der Waals surface area contributed by atoms with Gasteiger partial charge in [0, 0.05) is 43.8 Å². The fraction of sp³-hybridized carbons (Fsp3) is 0.333. The number of carboxylic acids is 8. The average molecular weight is 1620 g/mol. The molecule has 41 heteroatoms. The minimum Gasteiger partial charge on any atom is -0.481 e. The number of nitrogens with zero attached hydrogens (tertiary/aromatic N) is 6. The van der Waals surface area contributed by atoms with Crippen LogP contribution in [0.4, 0.5) is 0 Å². The number of H-pyrrole nitrogens is 2. The van der Waals surface area contributed by atoms with E-state index in [9.17, 15) is 118 Å². The molecule has 7 aromatic rings. The van der Waals surface area contributed by atoms with Crippen LogP contribution in [0.3, 0.4) is 0 Å². The van der Waals surface area contributed by atoms with Crippen molar-refractivity contribution in [1.29, 1.82) is 0 Å². The monoisotopic (exact) mass is 1620 g/mol. The second-order valence-corrected chi connectivity index (χ2v) is 24.7. The molecule has 8 bridgehead atoms. The smallest absolute Gasteiger partial charge is 0.481 e. The largest absolute Gasteiger partial charge is 2.00 e. The third-order valence-corrected chi connectivity index (χ3v) is 16.6. The number of aliphatic carboxylic acids is 8. The summed E-state index contributed by atoms with van der Waals surface area (Å²) in [5.41, 5.74) is 0.0713. The van der Waals surface area contributed by atoms with Gasteiger partial charge >= 0.3 is 115 Å². The summed E-state index contributed by atoms with van der Waals surface area (Å²) in [4.78, 5) is 233. The van der Waals surface area contributed by atoms with E-state index >= 15 is 0 Å². The number of hydrogen-bond acceptors (Lipinski definition) is 30. The van der Waals surface area contributed by atoms with Gasteiger partial charge in [-0.2, -0.15) is 0 Å². The summed E-state index contributed by atoms with van der Waals surface area (Å²) >= 11 is 0. The van der Waals surface area contributed by atoms with E-state index in [0.29, 0.717) is 0 Å². The molecule has 0 atom stereocenters. The maximum Gasteiger partial charge on any atom is 2.00 e. The van der Waals surface area contributed by atoms with Crippen molar-refractivity contribution in [3.63, 3.8) is 0 Å². The molecule has 0 radical (unpaired) electrons. The molecule has 113 heavy (non-hydrogen) atoms. The van der Waals surface area contributed by atoms with Crippen molar-refractivity contribution in [2.24, 2.45) is 0 Å². The third kappa shape index (κ3) is 24.2. The Balaban J connectivity index is 0.0000160. The standard InChI is InChI=1S/C72H66N8O32.Zn/c81-49(82)1-9-57(97)105-25-33-17-41-42(18-34(33)26-106-58(98)10-2-50(83)84)66-73-65(41)77-67-43-19-35(27-107-59(99)11-3-51(85)86)36(28-108-60(100)12-4-52(87)88)20-44(43)69(74-67)79-71-47-23-39(31-111-63(103)15-7-55(93)94)40(32-112-64(104)16-8-56(95)96)24-48(47)72(76-71)80-70-46-22-38(30-110-62(102)14-6-54(91)92)37(21-45(46)68(75-70)78-66)29-109-61(101)13-5-53(89)90;/h17-24H,1-16,25-32H2,(H,81,82)(H,83,84)(H,85,86)(H,87,88)(H,89,90)(H,91,92)(H,93,94)(H,95,96)(H2,73,74,75,76,77,78,79,80);/q;+2. The first-order chi connectivity index (χ1) is 53.3. The fourth-order valence-electron chi connectivity index (χ4n) is 10.9. The normalized spacial score (nSPS) is 11.0. The third-order valence-electron chi connectivity index (χ3n) is 16.6. The van der Waals surface area contributed by atoms with Crippen LogP contribution in [0.25, 0.3) is 89.7 Å². The van der Waals surface area contributed by atoms with Gasteiger partial charge in [0.15, 0.2) is 23.3 Å². The zero-order valence-corrected chi connectivity index (χ0v) is 62.3. The van der Waals surface area contributed by atoms with Crippen LogP contribution in [0.5, 0.6) is 0 Å². The van der Waals surface area contributed by atoms with Crippen LogP contribution in [0.2, 0.25) is 0 Å². The number of aromatic nitrogens is 8. The van der Waals surface area contributed by atoms with Gasteiger partial charge in [-0.1, -0.05) is 0 Å². The quantitative estimate of drug-likeness (QED) is 0.0117. The van der Waals surface area contributed by atoms with E-state index < -0.39 is 251 Å². The summed E-state index contributed by atoms with van der Waals surface area (Å²) in [6.07, 6.45) is -9.93. The Morgan fingerprint density at radius 3 is 0.504 bits per heavy atom. The summed E-state index contributed by atoms with van der Waals surface area (Å²) in [5.74, 6) is -19.6. The minimum absolute atomic E-state index is 0. The summed E-state index contributed by atoms with van der Waals surface area (Å²) < 4.78 is 44.4. The molecule has 0 saturated carbocycles. The van der Waals surface area contributed by atoms with Crippen LogP contribution in [-0.4, -0.2) is 176 Å². The number of rotatable bonds is 40. The predicted octanol–water partition coefficient (Wildman–Crippen LogP) is 6.13. The van der Waals surface area contributed by atoms with Crippen molar-refractivity contribution in [3.05, 3.63) is 93.0 Å². The Bertz CT molecular complexity index is 4600. The zero-order valence-electron chi connectivity index (χ0n) is 59.4. The summed E-state index contributed by atoms with van der Waals surface area (Å²) in [5, 5.41) is 75.3. The van der Waals surface area contributed by atoms with Crippen molar-refractivity contribution < 1.29 is 175 Å². The maximum atomic E-state index is 13.1. The van der Waals surface area contributed by atoms with Crippen molar-refractivity contribution >= 4 is 140 Å². The molecule has 0 saturated heterocycles. The van der Waals surface area contributed by atoms with Gasteiger partial charge in [-0.25, -0.2) is 29.9 Å². The molecular formula is C72H66N8O32Zn+2. The minimum atomic E-state index is -1.34. The summed E-state index contributed by atoms with van der Waals surface area (Å²) in [6, 6.07) is 11.2. The van der Waals surface area contributed by atoms with Crippen molar-refractivity contribution in [2.75, 3.05) is 0 Å². The van der Waals surface area contributed by atoms with Crippen molar-refractivity contribution in [2.45, 2.75) is 156 Å². The van der Waals surface area contributed by atoms with Gasteiger partial charge in [0.1, 0.15) is 75.4 Å². The first-order valence-corrected chi connectivity index (χ1v) is 33.8. The topological polar surface area (TPSA) is 618 Å². The van der Waals surface area contributed by atoms with Gasteiger partial charge in [0.05, 0.1) is 103 Å². The van der Waals surface area contributed by atoms with Crippen LogP contribution in [0.15, 0.2) is 48.5 Å². The molecule has 40 nitrogen and oxygen atoms in total. The summed E-state index contributed by atoms with van der Waals surface area (Å²) in [7, 11) is 0.